The summed E-state index contributed by atoms with van der Waals surface area (Å²) in [5, 5.41) is 1.17. The highest BCUT2D eigenvalue weighted by Gasteiger charge is 2.22. The molecular weight excluding hydrogens is 258 g/mol. The van der Waals surface area contributed by atoms with E-state index in [1.165, 1.54) is 16.5 Å². The number of hydrogen-bond donors (Lipinski definition) is 1. The Labute approximate surface area is 116 Å². The molecule has 1 aliphatic rings. The summed E-state index contributed by atoms with van der Waals surface area (Å²) in [5.41, 5.74) is 8.12. The Balaban J connectivity index is 1.95. The molecule has 0 radical (unpaired) electrons. The lowest BCUT2D eigenvalue weighted by Gasteiger charge is -2.33. The minimum absolute atomic E-state index is 0.604. The Morgan fingerprint density at radius 3 is 2.74 bits per heavy atom. The van der Waals surface area contributed by atoms with Crippen LogP contribution in [0.15, 0.2) is 24.5 Å². The molecule has 0 spiro atoms. The fourth-order valence-electron chi connectivity index (χ4n) is 2.30. The van der Waals surface area contributed by atoms with Gasteiger partial charge in [-0.25, -0.2) is 0 Å². The van der Waals surface area contributed by atoms with Crippen molar-refractivity contribution in [2.24, 2.45) is 0 Å². The highest BCUT2D eigenvalue weighted by atomic mass is 32.1. The van der Waals surface area contributed by atoms with Crippen molar-refractivity contribution in [3.63, 3.8) is 0 Å². The SMILES string of the molecule is CN1CCN(c2snc(N)c2-c2cccnc2)CC1. The summed E-state index contributed by atoms with van der Waals surface area (Å²) in [6.45, 7) is 4.19. The summed E-state index contributed by atoms with van der Waals surface area (Å²) in [6, 6.07) is 3.97. The van der Waals surface area contributed by atoms with E-state index in [1.54, 1.807) is 6.20 Å². The van der Waals surface area contributed by atoms with Crippen molar-refractivity contribution >= 4 is 22.4 Å². The minimum Gasteiger partial charge on any atom is -0.382 e. The second-order valence-corrected chi connectivity index (χ2v) is 5.53. The van der Waals surface area contributed by atoms with E-state index in [4.69, 9.17) is 5.73 Å². The Bertz CT molecular complexity index is 545. The normalized spacial score (nSPS) is 16.8. The molecule has 6 heteroatoms. The third kappa shape index (κ3) is 2.41. The monoisotopic (exact) mass is 275 g/mol. The molecule has 2 N–H and O–H groups in total. The van der Waals surface area contributed by atoms with Gasteiger partial charge < -0.3 is 15.5 Å². The van der Waals surface area contributed by atoms with Crippen molar-refractivity contribution in [2.75, 3.05) is 43.9 Å². The highest BCUT2D eigenvalue weighted by molar-refractivity contribution is 7.11. The number of rotatable bonds is 2. The predicted molar refractivity (Wildman–Crippen MR) is 79.5 cm³/mol. The van der Waals surface area contributed by atoms with Crippen molar-refractivity contribution in [2.45, 2.75) is 0 Å². The molecule has 0 aromatic carbocycles. The summed E-state index contributed by atoms with van der Waals surface area (Å²) >= 11 is 1.48. The molecule has 0 atom stereocenters. The van der Waals surface area contributed by atoms with Crippen molar-refractivity contribution in [1.29, 1.82) is 0 Å². The molecule has 0 unspecified atom stereocenters. The van der Waals surface area contributed by atoms with Crippen molar-refractivity contribution < 1.29 is 0 Å². The third-order valence-electron chi connectivity index (χ3n) is 3.44. The topological polar surface area (TPSA) is 58.3 Å². The first-order chi connectivity index (χ1) is 9.25. The standard InChI is InChI=1S/C13H17N5S/c1-17-5-7-18(8-6-17)13-11(12(14)16-19-13)10-3-2-4-15-9-10/h2-4,9H,5-8H2,1H3,(H2,14,16). The van der Waals surface area contributed by atoms with E-state index in [2.05, 4.69) is 26.2 Å². The molecule has 1 saturated heterocycles. The maximum Gasteiger partial charge on any atom is 0.147 e. The molecule has 0 amide bonds. The zero-order valence-corrected chi connectivity index (χ0v) is 11.7. The fourth-order valence-corrected chi connectivity index (χ4v) is 3.19. The molecule has 2 aromatic heterocycles. The van der Waals surface area contributed by atoms with E-state index in [-0.39, 0.29) is 0 Å². The lowest BCUT2D eigenvalue weighted by molar-refractivity contribution is 0.313. The molecule has 0 bridgehead atoms. The van der Waals surface area contributed by atoms with Gasteiger partial charge >= 0.3 is 0 Å². The zero-order chi connectivity index (χ0) is 13.2. The van der Waals surface area contributed by atoms with Crippen LogP contribution in [0.1, 0.15) is 0 Å². The number of piperazine rings is 1. The first kappa shape index (κ1) is 12.4. The van der Waals surface area contributed by atoms with E-state index >= 15 is 0 Å². The second-order valence-electron chi connectivity index (χ2n) is 4.78. The van der Waals surface area contributed by atoms with Gasteiger partial charge in [-0.2, -0.15) is 4.37 Å². The Kier molecular flexibility index (Phi) is 3.35. The molecule has 19 heavy (non-hydrogen) atoms. The predicted octanol–water partition coefficient (Wildman–Crippen LogP) is 1.54. The number of likely N-dealkylation sites (N-methyl/N-ethyl adjacent to an activating group) is 1. The van der Waals surface area contributed by atoms with E-state index < -0.39 is 0 Å². The summed E-state index contributed by atoms with van der Waals surface area (Å²) in [7, 11) is 2.15. The van der Waals surface area contributed by atoms with Crippen molar-refractivity contribution in [3.8, 4) is 11.1 Å². The Hall–Kier alpha value is -1.66. The smallest absolute Gasteiger partial charge is 0.147 e. The molecule has 2 aromatic rings. The fraction of sp³-hybridized carbons (Fsp3) is 0.385. The van der Waals surface area contributed by atoms with Gasteiger partial charge in [-0.15, -0.1) is 0 Å². The maximum absolute atomic E-state index is 6.04. The van der Waals surface area contributed by atoms with Gasteiger partial charge in [0.25, 0.3) is 0 Å². The summed E-state index contributed by atoms with van der Waals surface area (Å²) < 4.78 is 4.32. The van der Waals surface area contributed by atoms with Crippen LogP contribution in [0.2, 0.25) is 0 Å². The second kappa shape index (κ2) is 5.14. The van der Waals surface area contributed by atoms with Crippen LogP contribution < -0.4 is 10.6 Å². The number of aromatic nitrogens is 2. The van der Waals surface area contributed by atoms with E-state index in [1.807, 2.05) is 18.3 Å². The zero-order valence-electron chi connectivity index (χ0n) is 10.9. The van der Waals surface area contributed by atoms with Crippen LogP contribution in [0.5, 0.6) is 0 Å². The molecule has 1 fully saturated rings. The number of anilines is 2. The van der Waals surface area contributed by atoms with Crippen LogP contribution in [-0.2, 0) is 0 Å². The van der Waals surface area contributed by atoms with Gasteiger partial charge in [0.2, 0.25) is 0 Å². The van der Waals surface area contributed by atoms with Gasteiger partial charge in [0.15, 0.2) is 0 Å². The largest absolute Gasteiger partial charge is 0.382 e. The average Bonchev–Trinajstić information content (AvgIpc) is 2.82. The van der Waals surface area contributed by atoms with Gasteiger partial charge in [-0.1, -0.05) is 6.07 Å². The van der Waals surface area contributed by atoms with Gasteiger partial charge in [0, 0.05) is 44.1 Å². The minimum atomic E-state index is 0.604. The number of pyridine rings is 1. The number of hydrogen-bond acceptors (Lipinski definition) is 6. The molecule has 0 saturated carbocycles. The quantitative estimate of drug-likeness (QED) is 0.901. The molecule has 5 nitrogen and oxygen atoms in total. The first-order valence-electron chi connectivity index (χ1n) is 6.35. The highest BCUT2D eigenvalue weighted by Crippen LogP contribution is 2.39. The van der Waals surface area contributed by atoms with Crippen LogP contribution in [-0.4, -0.2) is 47.5 Å². The molecule has 3 heterocycles. The number of nitrogens with zero attached hydrogens (tertiary/aromatic N) is 4. The van der Waals surface area contributed by atoms with Crippen LogP contribution in [0.25, 0.3) is 11.1 Å². The van der Waals surface area contributed by atoms with Gasteiger partial charge in [-0.05, 0) is 24.6 Å². The average molecular weight is 275 g/mol. The molecule has 1 aliphatic heterocycles. The first-order valence-corrected chi connectivity index (χ1v) is 7.12. The van der Waals surface area contributed by atoms with Crippen molar-refractivity contribution in [1.82, 2.24) is 14.3 Å². The molecule has 100 valence electrons. The van der Waals surface area contributed by atoms with Crippen LogP contribution in [0, 0.1) is 0 Å². The van der Waals surface area contributed by atoms with Gasteiger partial charge in [0.05, 0.1) is 5.56 Å². The molecule has 0 aliphatic carbocycles. The molecule has 3 rings (SSSR count). The van der Waals surface area contributed by atoms with Gasteiger partial charge in [-0.3, -0.25) is 4.98 Å². The Morgan fingerprint density at radius 1 is 1.26 bits per heavy atom. The molecular formula is C13H17N5S. The summed E-state index contributed by atoms with van der Waals surface area (Å²) in [6.07, 6.45) is 3.62. The van der Waals surface area contributed by atoms with Gasteiger partial charge in [0.1, 0.15) is 10.8 Å². The lowest BCUT2D eigenvalue weighted by atomic mass is 10.1. The Morgan fingerprint density at radius 2 is 2.05 bits per heavy atom. The summed E-state index contributed by atoms with van der Waals surface area (Å²) in [4.78, 5) is 8.88. The third-order valence-corrected chi connectivity index (χ3v) is 4.36. The van der Waals surface area contributed by atoms with Crippen molar-refractivity contribution in [3.05, 3.63) is 24.5 Å². The number of nitrogens with two attached hydrogens (primary N) is 1. The van der Waals surface area contributed by atoms with Crippen LogP contribution in [0.3, 0.4) is 0 Å². The van der Waals surface area contributed by atoms with Crippen LogP contribution >= 0.6 is 11.5 Å². The van der Waals surface area contributed by atoms with E-state index in [0.29, 0.717) is 5.82 Å². The van der Waals surface area contributed by atoms with E-state index in [9.17, 15) is 0 Å². The lowest BCUT2D eigenvalue weighted by Crippen LogP contribution is -2.44. The maximum atomic E-state index is 6.04. The van der Waals surface area contributed by atoms with Crippen LogP contribution in [0.4, 0.5) is 10.8 Å². The number of nitrogen functional groups attached to an aromatic ring is 1. The summed E-state index contributed by atoms with van der Waals surface area (Å²) in [5.74, 6) is 0.604. The van der Waals surface area contributed by atoms with E-state index in [0.717, 1.165) is 37.3 Å².